The second-order valence-corrected chi connectivity index (χ2v) is 7.02. The first-order valence-electron chi connectivity index (χ1n) is 8.81. The third kappa shape index (κ3) is 3.49. The van der Waals surface area contributed by atoms with Gasteiger partial charge in [0, 0.05) is 18.5 Å². The van der Waals surface area contributed by atoms with Crippen molar-refractivity contribution >= 4 is 0 Å². The second-order valence-electron chi connectivity index (χ2n) is 7.02. The lowest BCUT2D eigenvalue weighted by Gasteiger charge is -2.43. The molecule has 2 aliphatic rings. The van der Waals surface area contributed by atoms with Crippen molar-refractivity contribution in [3.05, 3.63) is 35.9 Å². The van der Waals surface area contributed by atoms with Gasteiger partial charge in [0.25, 0.3) is 0 Å². The minimum Gasteiger partial charge on any atom is -0.317 e. The minimum absolute atomic E-state index is 0.367. The molecule has 2 fully saturated rings. The summed E-state index contributed by atoms with van der Waals surface area (Å²) < 4.78 is 0. The smallest absolute Gasteiger partial charge is 0.0104 e. The Labute approximate surface area is 129 Å². The third-order valence-electron chi connectivity index (χ3n) is 5.66. The SMILES string of the molecule is CCN(CC1CCC1)CC1(c2ccccc2)CCNCC1. The summed E-state index contributed by atoms with van der Waals surface area (Å²) in [7, 11) is 0. The first-order valence-corrected chi connectivity index (χ1v) is 8.81. The zero-order valence-electron chi connectivity index (χ0n) is 13.5. The highest BCUT2D eigenvalue weighted by atomic mass is 15.1. The Morgan fingerprint density at radius 1 is 1.14 bits per heavy atom. The van der Waals surface area contributed by atoms with Gasteiger partial charge in [0.2, 0.25) is 0 Å². The van der Waals surface area contributed by atoms with Gasteiger partial charge in [-0.25, -0.2) is 0 Å². The van der Waals surface area contributed by atoms with Crippen molar-refractivity contribution in [3.8, 4) is 0 Å². The van der Waals surface area contributed by atoms with Gasteiger partial charge in [-0.1, -0.05) is 43.7 Å². The molecular formula is C19H30N2. The number of nitrogens with one attached hydrogen (secondary N) is 1. The lowest BCUT2D eigenvalue weighted by molar-refractivity contribution is 0.134. The van der Waals surface area contributed by atoms with Gasteiger partial charge in [0.15, 0.2) is 0 Å². The molecule has 0 atom stereocenters. The van der Waals surface area contributed by atoms with E-state index in [-0.39, 0.29) is 0 Å². The van der Waals surface area contributed by atoms with Crippen molar-refractivity contribution in [2.45, 2.75) is 44.4 Å². The van der Waals surface area contributed by atoms with E-state index in [1.54, 1.807) is 5.56 Å². The summed E-state index contributed by atoms with van der Waals surface area (Å²) in [5.74, 6) is 0.972. The summed E-state index contributed by atoms with van der Waals surface area (Å²) >= 11 is 0. The van der Waals surface area contributed by atoms with E-state index in [1.165, 1.54) is 51.7 Å². The molecule has 0 bridgehead atoms. The van der Waals surface area contributed by atoms with Crippen LogP contribution < -0.4 is 5.32 Å². The molecule has 116 valence electrons. The van der Waals surface area contributed by atoms with Gasteiger partial charge in [-0.05, 0) is 56.8 Å². The van der Waals surface area contributed by atoms with Crippen LogP contribution >= 0.6 is 0 Å². The highest BCUT2D eigenvalue weighted by Gasteiger charge is 2.36. The fourth-order valence-electron chi connectivity index (χ4n) is 4.01. The Kier molecular flexibility index (Phi) is 4.97. The number of rotatable bonds is 6. The lowest BCUT2D eigenvalue weighted by atomic mass is 9.72. The van der Waals surface area contributed by atoms with Crippen LogP contribution in [-0.4, -0.2) is 37.6 Å². The molecule has 3 rings (SSSR count). The minimum atomic E-state index is 0.367. The van der Waals surface area contributed by atoms with Crippen LogP contribution in [0.4, 0.5) is 0 Å². The Bertz CT molecular complexity index is 418. The predicted octanol–water partition coefficient (Wildman–Crippen LogP) is 3.43. The maximum absolute atomic E-state index is 3.55. The summed E-state index contributed by atoms with van der Waals surface area (Å²) in [6, 6.07) is 11.3. The number of likely N-dealkylation sites (N-methyl/N-ethyl adjacent to an activating group) is 1. The number of piperidine rings is 1. The van der Waals surface area contributed by atoms with E-state index in [4.69, 9.17) is 0 Å². The molecule has 0 amide bonds. The number of nitrogens with zero attached hydrogens (tertiary/aromatic N) is 1. The van der Waals surface area contributed by atoms with Crippen molar-refractivity contribution in [2.24, 2.45) is 5.92 Å². The summed E-state index contributed by atoms with van der Waals surface area (Å²) in [4.78, 5) is 2.72. The normalized spacial score (nSPS) is 22.2. The monoisotopic (exact) mass is 286 g/mol. The van der Waals surface area contributed by atoms with Crippen LogP contribution in [0, 0.1) is 5.92 Å². The molecule has 2 nitrogen and oxygen atoms in total. The van der Waals surface area contributed by atoms with Gasteiger partial charge in [-0.15, -0.1) is 0 Å². The van der Waals surface area contributed by atoms with E-state index in [9.17, 15) is 0 Å². The van der Waals surface area contributed by atoms with Crippen LogP contribution in [0.2, 0.25) is 0 Å². The van der Waals surface area contributed by atoms with Crippen molar-refractivity contribution in [2.75, 3.05) is 32.7 Å². The molecule has 1 saturated carbocycles. The van der Waals surface area contributed by atoms with E-state index in [0.29, 0.717) is 5.41 Å². The Hall–Kier alpha value is -0.860. The number of benzene rings is 1. The van der Waals surface area contributed by atoms with E-state index < -0.39 is 0 Å². The molecule has 2 heteroatoms. The van der Waals surface area contributed by atoms with Crippen LogP contribution in [0.1, 0.15) is 44.6 Å². The maximum Gasteiger partial charge on any atom is 0.0104 e. The van der Waals surface area contributed by atoms with E-state index in [2.05, 4.69) is 47.5 Å². The molecule has 1 saturated heterocycles. The molecule has 1 aromatic rings. The molecule has 1 aliphatic heterocycles. The topological polar surface area (TPSA) is 15.3 Å². The molecule has 0 spiro atoms. The Morgan fingerprint density at radius 3 is 2.43 bits per heavy atom. The van der Waals surface area contributed by atoms with Crippen molar-refractivity contribution in [1.29, 1.82) is 0 Å². The summed E-state index contributed by atoms with van der Waals surface area (Å²) in [5.41, 5.74) is 1.92. The highest BCUT2D eigenvalue weighted by Crippen LogP contribution is 2.35. The highest BCUT2D eigenvalue weighted by molar-refractivity contribution is 5.27. The summed E-state index contributed by atoms with van der Waals surface area (Å²) in [5, 5.41) is 3.55. The molecule has 0 unspecified atom stereocenters. The molecule has 1 heterocycles. The molecule has 0 aromatic heterocycles. The van der Waals surface area contributed by atoms with Crippen molar-refractivity contribution in [3.63, 3.8) is 0 Å². The van der Waals surface area contributed by atoms with E-state index >= 15 is 0 Å². The van der Waals surface area contributed by atoms with Gasteiger partial charge in [-0.3, -0.25) is 0 Å². The Balaban J connectivity index is 1.74. The number of hydrogen-bond acceptors (Lipinski definition) is 2. The molecule has 0 radical (unpaired) electrons. The quantitative estimate of drug-likeness (QED) is 0.862. The summed E-state index contributed by atoms with van der Waals surface area (Å²) in [6.45, 7) is 8.41. The molecular weight excluding hydrogens is 256 g/mol. The van der Waals surface area contributed by atoms with Crippen LogP contribution in [0.25, 0.3) is 0 Å². The van der Waals surface area contributed by atoms with Crippen molar-refractivity contribution in [1.82, 2.24) is 10.2 Å². The van der Waals surface area contributed by atoms with Crippen LogP contribution in [0.15, 0.2) is 30.3 Å². The molecule has 21 heavy (non-hydrogen) atoms. The zero-order chi connectivity index (χ0) is 14.5. The van der Waals surface area contributed by atoms with Gasteiger partial charge < -0.3 is 10.2 Å². The van der Waals surface area contributed by atoms with Gasteiger partial charge in [0.05, 0.1) is 0 Å². The number of hydrogen-bond donors (Lipinski definition) is 1. The molecule has 1 aromatic carbocycles. The van der Waals surface area contributed by atoms with Crippen LogP contribution in [0.5, 0.6) is 0 Å². The molecule has 1 N–H and O–H groups in total. The van der Waals surface area contributed by atoms with Gasteiger partial charge >= 0.3 is 0 Å². The zero-order valence-corrected chi connectivity index (χ0v) is 13.5. The van der Waals surface area contributed by atoms with Crippen LogP contribution in [0.3, 0.4) is 0 Å². The van der Waals surface area contributed by atoms with Crippen LogP contribution in [-0.2, 0) is 5.41 Å². The average Bonchev–Trinajstić information content (AvgIpc) is 2.51. The fourth-order valence-corrected chi connectivity index (χ4v) is 4.01. The first kappa shape index (κ1) is 15.1. The van der Waals surface area contributed by atoms with Crippen molar-refractivity contribution < 1.29 is 0 Å². The maximum atomic E-state index is 3.55. The lowest BCUT2D eigenvalue weighted by Crippen LogP contribution is -2.49. The fraction of sp³-hybridized carbons (Fsp3) is 0.684. The first-order chi connectivity index (χ1) is 10.3. The largest absolute Gasteiger partial charge is 0.317 e. The second kappa shape index (κ2) is 6.93. The predicted molar refractivity (Wildman–Crippen MR) is 89.7 cm³/mol. The molecule has 1 aliphatic carbocycles. The van der Waals surface area contributed by atoms with Gasteiger partial charge in [-0.2, -0.15) is 0 Å². The van der Waals surface area contributed by atoms with Gasteiger partial charge in [0.1, 0.15) is 0 Å². The average molecular weight is 286 g/mol. The Morgan fingerprint density at radius 2 is 1.86 bits per heavy atom. The standard InChI is InChI=1S/C19H30N2/c1-2-21(15-17-7-6-8-17)16-19(11-13-20-14-12-19)18-9-4-3-5-10-18/h3-5,9-10,17,20H,2,6-8,11-16H2,1H3. The summed E-state index contributed by atoms with van der Waals surface area (Å²) in [6.07, 6.45) is 6.92. The third-order valence-corrected chi connectivity index (χ3v) is 5.66. The van der Waals surface area contributed by atoms with E-state index in [1.807, 2.05) is 0 Å². The van der Waals surface area contributed by atoms with E-state index in [0.717, 1.165) is 19.0 Å².